The van der Waals surface area contributed by atoms with E-state index in [9.17, 15) is 8.42 Å². The SMILES string of the molecule is CNC(C)C1CCCCN1S(=O)(=O)CCc1ccncc1. The molecule has 2 heterocycles. The summed E-state index contributed by atoms with van der Waals surface area (Å²) in [6.07, 6.45) is 6.95. The van der Waals surface area contributed by atoms with Gasteiger partial charge in [-0.1, -0.05) is 6.42 Å². The molecule has 0 aliphatic carbocycles. The van der Waals surface area contributed by atoms with Crippen LogP contribution >= 0.6 is 0 Å². The first kappa shape index (κ1) is 16.4. The summed E-state index contributed by atoms with van der Waals surface area (Å²) in [6, 6.07) is 4.01. The van der Waals surface area contributed by atoms with E-state index in [0.717, 1.165) is 24.8 Å². The van der Waals surface area contributed by atoms with Crippen molar-refractivity contribution in [2.45, 2.75) is 44.7 Å². The standard InChI is InChI=1S/C15H25N3O2S/c1-13(16-2)15-5-3-4-11-18(15)21(19,20)12-8-14-6-9-17-10-7-14/h6-7,9-10,13,15-16H,3-5,8,11-12H2,1-2H3. The molecule has 6 heteroatoms. The van der Waals surface area contributed by atoms with Crippen LogP contribution in [0, 0.1) is 0 Å². The second-order valence-electron chi connectivity index (χ2n) is 5.67. The van der Waals surface area contributed by atoms with Gasteiger partial charge in [-0.3, -0.25) is 4.98 Å². The molecule has 1 aliphatic rings. The zero-order valence-corrected chi connectivity index (χ0v) is 13.6. The molecule has 2 unspecified atom stereocenters. The van der Waals surface area contributed by atoms with Gasteiger partial charge in [-0.15, -0.1) is 0 Å². The van der Waals surface area contributed by atoms with Gasteiger partial charge < -0.3 is 5.32 Å². The minimum Gasteiger partial charge on any atom is -0.316 e. The Hall–Kier alpha value is -0.980. The number of pyridine rings is 1. The Morgan fingerprint density at radius 2 is 2.10 bits per heavy atom. The van der Waals surface area contributed by atoms with Gasteiger partial charge in [-0.05, 0) is 50.9 Å². The number of hydrogen-bond acceptors (Lipinski definition) is 4. The lowest BCUT2D eigenvalue weighted by molar-refractivity contribution is 0.213. The first-order chi connectivity index (χ1) is 10.0. The molecule has 1 aliphatic heterocycles. The topological polar surface area (TPSA) is 62.3 Å². The predicted molar refractivity (Wildman–Crippen MR) is 84.6 cm³/mol. The molecular formula is C15H25N3O2S. The third-order valence-corrected chi connectivity index (χ3v) is 6.17. The summed E-state index contributed by atoms with van der Waals surface area (Å²) in [6.45, 7) is 2.71. The molecule has 1 fully saturated rings. The second-order valence-corrected chi connectivity index (χ2v) is 7.71. The molecule has 2 rings (SSSR count). The highest BCUT2D eigenvalue weighted by molar-refractivity contribution is 7.89. The maximum absolute atomic E-state index is 12.7. The largest absolute Gasteiger partial charge is 0.316 e. The number of piperidine rings is 1. The van der Waals surface area contributed by atoms with Crippen molar-refractivity contribution in [3.05, 3.63) is 30.1 Å². The van der Waals surface area contributed by atoms with Crippen molar-refractivity contribution in [2.24, 2.45) is 0 Å². The summed E-state index contributed by atoms with van der Waals surface area (Å²) in [5.41, 5.74) is 1.02. The molecule has 0 spiro atoms. The van der Waals surface area contributed by atoms with E-state index in [1.54, 1.807) is 16.7 Å². The zero-order chi connectivity index (χ0) is 15.3. The molecule has 21 heavy (non-hydrogen) atoms. The Morgan fingerprint density at radius 1 is 1.38 bits per heavy atom. The third kappa shape index (κ3) is 4.25. The van der Waals surface area contributed by atoms with Crippen molar-refractivity contribution < 1.29 is 8.42 Å². The normalized spacial score (nSPS) is 22.1. The van der Waals surface area contributed by atoms with Crippen LogP contribution < -0.4 is 5.32 Å². The average molecular weight is 311 g/mol. The molecule has 0 amide bonds. The monoisotopic (exact) mass is 311 g/mol. The van der Waals surface area contributed by atoms with E-state index in [2.05, 4.69) is 17.2 Å². The van der Waals surface area contributed by atoms with Crippen LogP contribution in [-0.2, 0) is 16.4 Å². The first-order valence-electron chi connectivity index (χ1n) is 7.60. The number of hydrogen-bond donors (Lipinski definition) is 1. The van der Waals surface area contributed by atoms with Gasteiger partial charge in [-0.2, -0.15) is 4.31 Å². The van der Waals surface area contributed by atoms with Gasteiger partial charge in [0, 0.05) is 31.0 Å². The van der Waals surface area contributed by atoms with Gasteiger partial charge in [-0.25, -0.2) is 8.42 Å². The quantitative estimate of drug-likeness (QED) is 0.863. The van der Waals surface area contributed by atoms with Crippen molar-refractivity contribution >= 4 is 10.0 Å². The van der Waals surface area contributed by atoms with Crippen molar-refractivity contribution in [3.63, 3.8) is 0 Å². The van der Waals surface area contributed by atoms with Crippen LogP contribution in [-0.4, -0.2) is 49.1 Å². The molecule has 1 aromatic rings. The molecule has 0 radical (unpaired) electrons. The van der Waals surface area contributed by atoms with Gasteiger partial charge in [0.2, 0.25) is 10.0 Å². The van der Waals surface area contributed by atoms with E-state index in [1.165, 1.54) is 0 Å². The second kappa shape index (κ2) is 7.33. The number of likely N-dealkylation sites (N-methyl/N-ethyl adjacent to an activating group) is 1. The number of aromatic nitrogens is 1. The number of nitrogens with zero attached hydrogens (tertiary/aromatic N) is 2. The lowest BCUT2D eigenvalue weighted by atomic mass is 9.99. The summed E-state index contributed by atoms with van der Waals surface area (Å²) < 4.78 is 27.1. The molecule has 1 N–H and O–H groups in total. The van der Waals surface area contributed by atoms with E-state index in [0.29, 0.717) is 13.0 Å². The van der Waals surface area contributed by atoms with Crippen LogP contribution in [0.2, 0.25) is 0 Å². The van der Waals surface area contributed by atoms with Crippen LogP contribution in [0.3, 0.4) is 0 Å². The maximum atomic E-state index is 12.7. The minimum atomic E-state index is -3.21. The van der Waals surface area contributed by atoms with Gasteiger partial charge in [0.05, 0.1) is 5.75 Å². The molecule has 5 nitrogen and oxygen atoms in total. The van der Waals surface area contributed by atoms with Crippen LogP contribution in [0.5, 0.6) is 0 Å². The maximum Gasteiger partial charge on any atom is 0.214 e. The first-order valence-corrected chi connectivity index (χ1v) is 9.21. The van der Waals surface area contributed by atoms with Crippen molar-refractivity contribution in [1.82, 2.24) is 14.6 Å². The van der Waals surface area contributed by atoms with Crippen molar-refractivity contribution in [3.8, 4) is 0 Å². The summed E-state index contributed by atoms with van der Waals surface area (Å²) in [5.74, 6) is 0.171. The molecule has 118 valence electrons. The average Bonchev–Trinajstić information content (AvgIpc) is 2.53. The Morgan fingerprint density at radius 3 is 2.76 bits per heavy atom. The molecule has 1 saturated heterocycles. The number of nitrogens with one attached hydrogen (secondary N) is 1. The van der Waals surface area contributed by atoms with E-state index in [4.69, 9.17) is 0 Å². The van der Waals surface area contributed by atoms with Crippen LogP contribution in [0.4, 0.5) is 0 Å². The van der Waals surface area contributed by atoms with Gasteiger partial charge in [0.1, 0.15) is 0 Å². The number of rotatable bonds is 6. The molecule has 0 aromatic carbocycles. The molecule has 2 atom stereocenters. The van der Waals surface area contributed by atoms with Gasteiger partial charge >= 0.3 is 0 Å². The van der Waals surface area contributed by atoms with Crippen LogP contribution in [0.15, 0.2) is 24.5 Å². The van der Waals surface area contributed by atoms with E-state index in [-0.39, 0.29) is 17.8 Å². The highest BCUT2D eigenvalue weighted by atomic mass is 32.2. The fourth-order valence-electron chi connectivity index (χ4n) is 2.88. The molecule has 0 bridgehead atoms. The number of aryl methyl sites for hydroxylation is 1. The molecule has 0 saturated carbocycles. The fraction of sp³-hybridized carbons (Fsp3) is 0.667. The van der Waals surface area contributed by atoms with E-state index in [1.807, 2.05) is 19.2 Å². The summed E-state index contributed by atoms with van der Waals surface area (Å²) in [4.78, 5) is 3.96. The van der Waals surface area contributed by atoms with Crippen molar-refractivity contribution in [2.75, 3.05) is 19.3 Å². The predicted octanol–water partition coefficient (Wildman–Crippen LogP) is 1.42. The Bertz CT molecular complexity index is 533. The van der Waals surface area contributed by atoms with E-state index < -0.39 is 10.0 Å². The highest BCUT2D eigenvalue weighted by Crippen LogP contribution is 2.23. The Balaban J connectivity index is 2.06. The minimum absolute atomic E-state index is 0.0752. The van der Waals surface area contributed by atoms with Crippen LogP contribution in [0.1, 0.15) is 31.7 Å². The third-order valence-electron chi connectivity index (χ3n) is 4.29. The summed E-state index contributed by atoms with van der Waals surface area (Å²) >= 11 is 0. The zero-order valence-electron chi connectivity index (χ0n) is 12.8. The Labute approximate surface area is 127 Å². The number of sulfonamides is 1. The molecular weight excluding hydrogens is 286 g/mol. The Kier molecular flexibility index (Phi) is 5.72. The smallest absolute Gasteiger partial charge is 0.214 e. The van der Waals surface area contributed by atoms with Gasteiger partial charge in [0.25, 0.3) is 0 Å². The lowest BCUT2D eigenvalue weighted by Crippen LogP contribution is -2.53. The van der Waals surface area contributed by atoms with Gasteiger partial charge in [0.15, 0.2) is 0 Å². The fourth-order valence-corrected chi connectivity index (χ4v) is 4.72. The summed E-state index contributed by atoms with van der Waals surface area (Å²) in [7, 11) is -1.32. The summed E-state index contributed by atoms with van der Waals surface area (Å²) in [5, 5.41) is 3.20. The van der Waals surface area contributed by atoms with Crippen LogP contribution in [0.25, 0.3) is 0 Å². The highest BCUT2D eigenvalue weighted by Gasteiger charge is 2.34. The van der Waals surface area contributed by atoms with Crippen molar-refractivity contribution in [1.29, 1.82) is 0 Å². The van der Waals surface area contributed by atoms with E-state index >= 15 is 0 Å². The lowest BCUT2D eigenvalue weighted by Gasteiger charge is -2.38. The molecule has 1 aromatic heterocycles.